The number of carbonyl (C=O) groups is 3. The third kappa shape index (κ3) is 7.02. The van der Waals surface area contributed by atoms with E-state index in [4.69, 9.17) is 11.6 Å². The lowest BCUT2D eigenvalue weighted by molar-refractivity contribution is -0.139. The van der Waals surface area contributed by atoms with E-state index in [1.807, 2.05) is 77.7 Å². The van der Waals surface area contributed by atoms with E-state index >= 15 is 0 Å². The van der Waals surface area contributed by atoms with E-state index in [1.54, 1.807) is 47.1 Å². The van der Waals surface area contributed by atoms with Gasteiger partial charge < -0.3 is 30.2 Å². The molecule has 3 amide bonds. The van der Waals surface area contributed by atoms with Crippen LogP contribution >= 0.6 is 11.6 Å². The predicted molar refractivity (Wildman–Crippen MR) is 211 cm³/mol. The highest BCUT2D eigenvalue weighted by molar-refractivity contribution is 6.31. The van der Waals surface area contributed by atoms with Crippen LogP contribution in [0.5, 0.6) is 0 Å². The predicted octanol–water partition coefficient (Wildman–Crippen LogP) is 5.61. The Morgan fingerprint density at radius 2 is 1.59 bits per heavy atom. The van der Waals surface area contributed by atoms with Gasteiger partial charge in [0.15, 0.2) is 5.60 Å². The quantitative estimate of drug-likeness (QED) is 0.162. The van der Waals surface area contributed by atoms with Crippen LogP contribution in [-0.4, -0.2) is 71.3 Å². The maximum Gasteiger partial charge on any atom is 0.264 e. The lowest BCUT2D eigenvalue weighted by atomic mass is 9.83. The molecule has 1 spiro atoms. The molecule has 54 heavy (non-hydrogen) atoms. The minimum absolute atomic E-state index is 0.0422. The molecule has 3 heterocycles. The molecule has 2 saturated heterocycles. The lowest BCUT2D eigenvalue weighted by Crippen LogP contribution is -2.55. The average Bonchev–Trinajstić information content (AvgIpc) is 3.58. The second kappa shape index (κ2) is 15.8. The molecule has 0 unspecified atom stereocenters. The van der Waals surface area contributed by atoms with Crippen LogP contribution in [0.15, 0.2) is 115 Å². The van der Waals surface area contributed by atoms with Crippen molar-refractivity contribution in [3.8, 4) is 0 Å². The first kappa shape index (κ1) is 37.3. The zero-order chi connectivity index (χ0) is 37.9. The molecule has 0 aromatic heterocycles. The van der Waals surface area contributed by atoms with E-state index in [9.17, 15) is 24.6 Å². The Kier molecular flexibility index (Phi) is 10.9. The summed E-state index contributed by atoms with van der Waals surface area (Å²) in [4.78, 5) is 48.8. The van der Waals surface area contributed by atoms with Crippen LogP contribution in [0.1, 0.15) is 42.9 Å². The summed E-state index contributed by atoms with van der Waals surface area (Å²) < 4.78 is 0. The molecule has 2 atom stereocenters. The number of rotatable bonds is 12. The van der Waals surface area contributed by atoms with Gasteiger partial charge in [0.05, 0.1) is 25.5 Å². The number of amides is 3. The molecule has 2 fully saturated rings. The van der Waals surface area contributed by atoms with Crippen molar-refractivity contribution >= 4 is 46.4 Å². The highest BCUT2D eigenvalue weighted by atomic mass is 35.5. The minimum Gasteiger partial charge on any atom is -0.395 e. The Morgan fingerprint density at radius 3 is 2.28 bits per heavy atom. The second-order valence-corrected chi connectivity index (χ2v) is 14.8. The number of para-hydroxylation sites is 1. The van der Waals surface area contributed by atoms with Gasteiger partial charge in [-0.3, -0.25) is 19.3 Å². The number of hydrogen-bond donors (Lipinski definition) is 3. The first-order valence-electron chi connectivity index (χ1n) is 18.5. The normalized spacial score (nSPS) is 19.9. The number of halogens is 1. The summed E-state index contributed by atoms with van der Waals surface area (Å²) in [5.74, 6) is -1.27. The highest BCUT2D eigenvalue weighted by Gasteiger charge is 2.54. The summed E-state index contributed by atoms with van der Waals surface area (Å²) in [5.41, 5.74) is 2.03. The third-order valence-corrected chi connectivity index (χ3v) is 11.3. The van der Waals surface area contributed by atoms with Crippen molar-refractivity contribution in [1.29, 1.82) is 0 Å². The molecule has 7 rings (SSSR count). The number of carbonyl (C=O) groups excluding carboxylic acids is 3. The van der Waals surface area contributed by atoms with Crippen LogP contribution in [-0.2, 0) is 33.1 Å². The molecule has 0 radical (unpaired) electrons. The van der Waals surface area contributed by atoms with E-state index in [1.165, 1.54) is 0 Å². The zero-order valence-corrected chi connectivity index (χ0v) is 31.2. The van der Waals surface area contributed by atoms with Crippen LogP contribution in [0.2, 0.25) is 5.02 Å². The van der Waals surface area contributed by atoms with Gasteiger partial charge in [0.25, 0.3) is 11.8 Å². The molecule has 3 aliphatic rings. The lowest BCUT2D eigenvalue weighted by Gasteiger charge is -2.39. The Balaban J connectivity index is 1.07. The summed E-state index contributed by atoms with van der Waals surface area (Å²) in [5, 5.41) is 25.6. The van der Waals surface area contributed by atoms with Crippen molar-refractivity contribution in [3.05, 3.63) is 137 Å². The number of anilines is 3. The van der Waals surface area contributed by atoms with E-state index < -0.39 is 23.0 Å². The summed E-state index contributed by atoms with van der Waals surface area (Å²) in [7, 11) is 0. The maximum atomic E-state index is 14.2. The molecule has 0 aliphatic carbocycles. The SMILES string of the molecule is C[C@@H](/C=C/CC(=O)N(CCO)Cc1ccccc1)[C@]1(O)C(=O)N(Cc2ccc(N3CN(c4ccccc4)C4(CCNCC4)C3=O)cc2)c2ccc(Cl)cc21. The summed E-state index contributed by atoms with van der Waals surface area (Å²) in [6.07, 6.45) is 4.85. The van der Waals surface area contributed by atoms with Crippen LogP contribution in [0, 0.1) is 5.92 Å². The molecule has 280 valence electrons. The Bertz CT molecular complexity index is 2000. The Morgan fingerprint density at radius 1 is 0.907 bits per heavy atom. The van der Waals surface area contributed by atoms with Gasteiger partial charge in [0.2, 0.25) is 5.91 Å². The van der Waals surface area contributed by atoms with Gasteiger partial charge in [-0.15, -0.1) is 0 Å². The Labute approximate surface area is 321 Å². The van der Waals surface area contributed by atoms with E-state index in [-0.39, 0.29) is 37.9 Å². The minimum atomic E-state index is -1.92. The summed E-state index contributed by atoms with van der Waals surface area (Å²) >= 11 is 6.41. The molecule has 0 saturated carbocycles. The molecular weight excluding hydrogens is 702 g/mol. The van der Waals surface area contributed by atoms with Crippen molar-refractivity contribution in [1.82, 2.24) is 10.2 Å². The number of nitrogens with zero attached hydrogens (tertiary/aromatic N) is 4. The molecule has 10 nitrogen and oxygen atoms in total. The van der Waals surface area contributed by atoms with Crippen LogP contribution < -0.4 is 20.0 Å². The number of nitrogens with one attached hydrogen (secondary N) is 1. The molecule has 3 N–H and O–H groups in total. The largest absolute Gasteiger partial charge is 0.395 e. The van der Waals surface area contributed by atoms with Gasteiger partial charge in [-0.1, -0.05) is 91.3 Å². The molecule has 3 aliphatic heterocycles. The summed E-state index contributed by atoms with van der Waals surface area (Å²) in [6, 6.07) is 32.4. The molecule has 0 bridgehead atoms. The first-order chi connectivity index (χ1) is 26.2. The molecule has 4 aromatic carbocycles. The maximum absolute atomic E-state index is 14.2. The van der Waals surface area contributed by atoms with Gasteiger partial charge in [0, 0.05) is 47.4 Å². The van der Waals surface area contributed by atoms with Crippen molar-refractivity contribution in [2.45, 2.75) is 50.4 Å². The highest BCUT2D eigenvalue weighted by Crippen LogP contribution is 2.47. The van der Waals surface area contributed by atoms with Gasteiger partial charge >= 0.3 is 0 Å². The van der Waals surface area contributed by atoms with Crippen LogP contribution in [0.25, 0.3) is 0 Å². The van der Waals surface area contributed by atoms with Crippen LogP contribution in [0.3, 0.4) is 0 Å². The zero-order valence-electron chi connectivity index (χ0n) is 30.4. The number of piperidine rings is 1. The first-order valence-corrected chi connectivity index (χ1v) is 18.9. The summed E-state index contributed by atoms with van der Waals surface area (Å²) in [6.45, 7) is 4.33. The number of aliphatic hydroxyl groups excluding tert-OH is 1. The fraction of sp³-hybridized carbons (Fsp3) is 0.326. The van der Waals surface area contributed by atoms with E-state index in [2.05, 4.69) is 22.3 Å². The monoisotopic (exact) mass is 747 g/mol. The van der Waals surface area contributed by atoms with Crippen molar-refractivity contribution in [3.63, 3.8) is 0 Å². The van der Waals surface area contributed by atoms with E-state index in [0.29, 0.717) is 29.5 Å². The van der Waals surface area contributed by atoms with Crippen molar-refractivity contribution in [2.24, 2.45) is 5.92 Å². The van der Waals surface area contributed by atoms with Gasteiger partial charge in [0.1, 0.15) is 5.54 Å². The van der Waals surface area contributed by atoms with Crippen molar-refractivity contribution < 1.29 is 24.6 Å². The second-order valence-electron chi connectivity index (χ2n) is 14.4. The molecule has 4 aromatic rings. The van der Waals surface area contributed by atoms with Gasteiger partial charge in [-0.05, 0) is 79.5 Å². The Hall–Kier alpha value is -5.00. The van der Waals surface area contributed by atoms with Crippen LogP contribution in [0.4, 0.5) is 17.1 Å². The third-order valence-electron chi connectivity index (χ3n) is 11.1. The molecular formula is C43H46ClN5O5. The number of fused-ring (bicyclic) bond motifs is 1. The fourth-order valence-electron chi connectivity index (χ4n) is 8.07. The van der Waals surface area contributed by atoms with E-state index in [0.717, 1.165) is 48.4 Å². The smallest absolute Gasteiger partial charge is 0.264 e. The number of aliphatic hydroxyl groups is 2. The van der Waals surface area contributed by atoms with Crippen molar-refractivity contribution in [2.75, 3.05) is 47.6 Å². The topological polar surface area (TPSA) is 117 Å². The number of benzene rings is 4. The molecule has 11 heteroatoms. The fourth-order valence-corrected chi connectivity index (χ4v) is 8.24. The number of hydrogen-bond acceptors (Lipinski definition) is 7. The van der Waals surface area contributed by atoms with Gasteiger partial charge in [-0.2, -0.15) is 0 Å². The average molecular weight is 748 g/mol. The van der Waals surface area contributed by atoms with Gasteiger partial charge in [-0.25, -0.2) is 0 Å². The standard InChI is InChI=1S/C43H46ClN5O5/c1-31(9-8-14-39(51)46(25-26-50)28-32-10-4-2-5-11-32)43(54)37-27-34(44)17-20-38(37)47(41(43)53)29-33-15-18-35(19-16-33)48-30-49(36-12-6-3-7-13-36)42(40(48)52)21-23-45-24-22-42/h2-13,15-20,27,31,45,50,54H,14,21-26,28-30H2,1H3/b9-8+/t31-,43+/m0/s1.